The standard InChI is InChI=1S/C19H19N5O/c25-19(17-18-21-8-10-22(18)9-7-20-17)24-12-11-23(13-14-5-6-14)15-3-1-2-4-16(15)24/h1-4,7-10,14H,5-6,11-13H2. The van der Waals surface area contributed by atoms with Crippen LogP contribution in [0.5, 0.6) is 0 Å². The zero-order valence-corrected chi connectivity index (χ0v) is 13.9. The molecule has 0 unspecified atom stereocenters. The quantitative estimate of drug-likeness (QED) is 0.739. The van der Waals surface area contributed by atoms with Gasteiger partial charge in [0.1, 0.15) is 0 Å². The molecular weight excluding hydrogens is 314 g/mol. The zero-order chi connectivity index (χ0) is 16.8. The van der Waals surface area contributed by atoms with Crippen molar-refractivity contribution in [1.29, 1.82) is 0 Å². The van der Waals surface area contributed by atoms with Crippen molar-refractivity contribution in [3.8, 4) is 0 Å². The molecule has 6 heteroatoms. The predicted octanol–water partition coefficient (Wildman–Crippen LogP) is 2.61. The second-order valence-corrected chi connectivity index (χ2v) is 6.77. The van der Waals surface area contributed by atoms with Crippen molar-refractivity contribution in [3.05, 3.63) is 54.7 Å². The number of para-hydroxylation sites is 2. The number of hydrogen-bond donors (Lipinski definition) is 0. The van der Waals surface area contributed by atoms with Crippen molar-refractivity contribution in [2.24, 2.45) is 5.92 Å². The Morgan fingerprint density at radius 3 is 2.60 bits per heavy atom. The van der Waals surface area contributed by atoms with E-state index in [9.17, 15) is 4.79 Å². The number of rotatable bonds is 3. The van der Waals surface area contributed by atoms with Crippen molar-refractivity contribution in [1.82, 2.24) is 14.4 Å². The first-order valence-electron chi connectivity index (χ1n) is 8.75. The number of carbonyl (C=O) groups excluding carboxylic acids is 1. The first kappa shape index (κ1) is 14.5. The number of hydrogen-bond acceptors (Lipinski definition) is 4. The molecule has 0 atom stereocenters. The number of amides is 1. The molecule has 0 bridgehead atoms. The third-order valence-electron chi connectivity index (χ3n) is 5.04. The molecule has 6 nitrogen and oxygen atoms in total. The largest absolute Gasteiger partial charge is 0.368 e. The highest BCUT2D eigenvalue weighted by atomic mass is 16.2. The van der Waals surface area contributed by atoms with Crippen molar-refractivity contribution >= 4 is 22.9 Å². The zero-order valence-electron chi connectivity index (χ0n) is 13.9. The van der Waals surface area contributed by atoms with Crippen molar-refractivity contribution in [3.63, 3.8) is 0 Å². The summed E-state index contributed by atoms with van der Waals surface area (Å²) in [6.45, 7) is 2.62. The number of carbonyl (C=O) groups is 1. The topological polar surface area (TPSA) is 53.7 Å². The van der Waals surface area contributed by atoms with E-state index < -0.39 is 0 Å². The highest BCUT2D eigenvalue weighted by Gasteiger charge is 2.32. The van der Waals surface area contributed by atoms with Crippen LogP contribution in [0.15, 0.2) is 49.1 Å². The van der Waals surface area contributed by atoms with Gasteiger partial charge in [-0.15, -0.1) is 0 Å². The minimum absolute atomic E-state index is 0.0877. The fraction of sp³-hybridized carbons (Fsp3) is 0.316. The number of anilines is 2. The lowest BCUT2D eigenvalue weighted by atomic mass is 10.1. The van der Waals surface area contributed by atoms with E-state index in [1.54, 1.807) is 18.6 Å². The highest BCUT2D eigenvalue weighted by Crippen LogP contribution is 2.37. The monoisotopic (exact) mass is 333 g/mol. The molecule has 2 aromatic heterocycles. The van der Waals surface area contributed by atoms with Crippen molar-refractivity contribution in [2.75, 3.05) is 29.4 Å². The number of imidazole rings is 1. The molecule has 0 spiro atoms. The summed E-state index contributed by atoms with van der Waals surface area (Å²) < 4.78 is 1.83. The Bertz CT molecular complexity index is 946. The lowest BCUT2D eigenvalue weighted by Crippen LogP contribution is -2.45. The number of aromatic nitrogens is 3. The average molecular weight is 333 g/mol. The summed E-state index contributed by atoms with van der Waals surface area (Å²) in [7, 11) is 0. The molecule has 1 amide bonds. The third kappa shape index (κ3) is 2.45. The molecule has 2 aliphatic rings. The molecule has 1 saturated carbocycles. The predicted molar refractivity (Wildman–Crippen MR) is 96.0 cm³/mol. The smallest absolute Gasteiger partial charge is 0.280 e. The molecule has 1 aromatic carbocycles. The van der Waals surface area contributed by atoms with Gasteiger partial charge in [0.2, 0.25) is 0 Å². The molecule has 0 N–H and O–H groups in total. The normalized spacial score (nSPS) is 17.0. The van der Waals surface area contributed by atoms with E-state index in [2.05, 4.69) is 20.9 Å². The van der Waals surface area contributed by atoms with E-state index >= 15 is 0 Å². The van der Waals surface area contributed by atoms with Gasteiger partial charge in [-0.25, -0.2) is 9.97 Å². The summed E-state index contributed by atoms with van der Waals surface area (Å²) in [5.74, 6) is 0.728. The van der Waals surface area contributed by atoms with Crippen LogP contribution < -0.4 is 9.80 Å². The summed E-state index contributed by atoms with van der Waals surface area (Å²) in [6.07, 6.45) is 9.63. The number of benzene rings is 1. The Morgan fingerprint density at radius 1 is 1.04 bits per heavy atom. The van der Waals surface area contributed by atoms with Gasteiger partial charge in [-0.3, -0.25) is 4.79 Å². The van der Waals surface area contributed by atoms with Gasteiger partial charge in [0.25, 0.3) is 5.91 Å². The Hall–Kier alpha value is -2.89. The average Bonchev–Trinajstić information content (AvgIpc) is 3.33. The molecule has 126 valence electrons. The molecule has 0 saturated heterocycles. The summed E-state index contributed by atoms with van der Waals surface area (Å²) in [5, 5.41) is 0. The third-order valence-corrected chi connectivity index (χ3v) is 5.04. The molecule has 3 heterocycles. The lowest BCUT2D eigenvalue weighted by molar-refractivity contribution is 0.0983. The van der Waals surface area contributed by atoms with E-state index in [1.165, 1.54) is 12.8 Å². The molecule has 5 rings (SSSR count). The molecule has 1 fully saturated rings. The number of fused-ring (bicyclic) bond motifs is 2. The van der Waals surface area contributed by atoms with Gasteiger partial charge in [0.05, 0.1) is 11.4 Å². The van der Waals surface area contributed by atoms with Crippen LogP contribution in [-0.2, 0) is 0 Å². The van der Waals surface area contributed by atoms with Crippen molar-refractivity contribution < 1.29 is 4.79 Å². The van der Waals surface area contributed by atoms with Crippen molar-refractivity contribution in [2.45, 2.75) is 12.8 Å². The Morgan fingerprint density at radius 2 is 1.80 bits per heavy atom. The molecule has 1 aliphatic heterocycles. The summed E-state index contributed by atoms with van der Waals surface area (Å²) in [5.41, 5.74) is 3.11. The van der Waals surface area contributed by atoms with Gasteiger partial charge < -0.3 is 14.2 Å². The van der Waals surface area contributed by atoms with Gasteiger partial charge in [-0.05, 0) is 30.9 Å². The van der Waals surface area contributed by atoms with Crippen LogP contribution in [0.2, 0.25) is 0 Å². The van der Waals surface area contributed by atoms with Gasteiger partial charge in [0.15, 0.2) is 11.3 Å². The Labute approximate surface area is 145 Å². The minimum Gasteiger partial charge on any atom is -0.368 e. The first-order valence-corrected chi connectivity index (χ1v) is 8.75. The molecule has 1 aliphatic carbocycles. The van der Waals surface area contributed by atoms with E-state index in [0.29, 0.717) is 17.9 Å². The van der Waals surface area contributed by atoms with E-state index in [0.717, 1.165) is 30.4 Å². The van der Waals surface area contributed by atoms with Crippen LogP contribution in [0, 0.1) is 5.92 Å². The number of nitrogens with zero attached hydrogens (tertiary/aromatic N) is 5. The van der Waals surface area contributed by atoms with Crippen LogP contribution in [0.25, 0.3) is 5.65 Å². The first-order chi connectivity index (χ1) is 12.3. The van der Waals surface area contributed by atoms with Crippen LogP contribution in [0.3, 0.4) is 0 Å². The summed E-state index contributed by atoms with van der Waals surface area (Å²) in [6, 6.07) is 8.17. The van der Waals surface area contributed by atoms with Crippen LogP contribution in [-0.4, -0.2) is 39.9 Å². The molecule has 25 heavy (non-hydrogen) atoms. The van der Waals surface area contributed by atoms with Crippen LogP contribution >= 0.6 is 0 Å². The summed E-state index contributed by atoms with van der Waals surface area (Å²) >= 11 is 0. The van der Waals surface area contributed by atoms with E-state index in [4.69, 9.17) is 0 Å². The second kappa shape index (κ2) is 5.58. The van der Waals surface area contributed by atoms with Gasteiger partial charge in [0, 0.05) is 44.4 Å². The fourth-order valence-corrected chi connectivity index (χ4v) is 3.57. The van der Waals surface area contributed by atoms with E-state index in [1.807, 2.05) is 33.7 Å². The minimum atomic E-state index is -0.0877. The van der Waals surface area contributed by atoms with Crippen LogP contribution in [0.4, 0.5) is 11.4 Å². The highest BCUT2D eigenvalue weighted by molar-refractivity contribution is 6.10. The summed E-state index contributed by atoms with van der Waals surface area (Å²) in [4.78, 5) is 26.1. The maximum Gasteiger partial charge on any atom is 0.280 e. The molecule has 0 radical (unpaired) electrons. The lowest BCUT2D eigenvalue weighted by Gasteiger charge is -2.37. The van der Waals surface area contributed by atoms with Gasteiger partial charge >= 0.3 is 0 Å². The van der Waals surface area contributed by atoms with Gasteiger partial charge in [-0.1, -0.05) is 12.1 Å². The van der Waals surface area contributed by atoms with Gasteiger partial charge in [-0.2, -0.15) is 0 Å². The Kier molecular flexibility index (Phi) is 3.23. The fourth-order valence-electron chi connectivity index (χ4n) is 3.57. The SMILES string of the molecule is O=C(c1nccn2ccnc12)N1CCN(CC2CC2)c2ccccc21. The maximum atomic E-state index is 13.2. The molecular formula is C19H19N5O. The van der Waals surface area contributed by atoms with Crippen LogP contribution in [0.1, 0.15) is 23.3 Å². The second-order valence-electron chi connectivity index (χ2n) is 6.77. The Balaban J connectivity index is 1.53. The van der Waals surface area contributed by atoms with E-state index in [-0.39, 0.29) is 5.91 Å². The maximum absolute atomic E-state index is 13.2. The molecule has 3 aromatic rings.